The third kappa shape index (κ3) is 5.04. The first kappa shape index (κ1) is 23.3. The number of amides is 1. The fourth-order valence-corrected chi connectivity index (χ4v) is 5.95. The summed E-state index contributed by atoms with van der Waals surface area (Å²) < 4.78 is 33.1. The SMILES string of the molecule is Cc1ccc2c(c1)COC(=O)N2C1CCN(S(=O)(=O)c2ccc(CCCC(=O)O)cc2)CC1. The van der Waals surface area contributed by atoms with Gasteiger partial charge < -0.3 is 9.84 Å². The second-order valence-corrected chi connectivity index (χ2v) is 10.5. The molecule has 0 unspecified atom stereocenters. The molecule has 0 radical (unpaired) electrons. The summed E-state index contributed by atoms with van der Waals surface area (Å²) in [6, 6.07) is 12.4. The van der Waals surface area contributed by atoms with Gasteiger partial charge in [0.15, 0.2) is 0 Å². The Morgan fingerprint density at radius 1 is 1.12 bits per heavy atom. The van der Waals surface area contributed by atoms with Gasteiger partial charge >= 0.3 is 12.1 Å². The normalized spacial score (nSPS) is 17.5. The van der Waals surface area contributed by atoms with Gasteiger partial charge in [0.25, 0.3) is 0 Å². The topological polar surface area (TPSA) is 104 Å². The maximum Gasteiger partial charge on any atom is 0.414 e. The summed E-state index contributed by atoms with van der Waals surface area (Å²) in [5.41, 5.74) is 3.82. The second kappa shape index (κ2) is 9.52. The number of rotatable bonds is 7. The number of ether oxygens (including phenoxy) is 1. The van der Waals surface area contributed by atoms with Gasteiger partial charge in [0.05, 0.1) is 10.6 Å². The molecule has 176 valence electrons. The predicted octanol–water partition coefficient (Wildman–Crippen LogP) is 3.71. The van der Waals surface area contributed by atoms with E-state index in [4.69, 9.17) is 9.84 Å². The fraction of sp³-hybridized carbons (Fsp3) is 0.417. The number of cyclic esters (lactones) is 1. The highest BCUT2D eigenvalue weighted by Gasteiger charge is 2.37. The number of benzene rings is 2. The average Bonchev–Trinajstić information content (AvgIpc) is 2.79. The average molecular weight is 473 g/mol. The molecule has 8 nitrogen and oxygen atoms in total. The third-order valence-corrected chi connectivity index (χ3v) is 8.16. The molecule has 2 aliphatic rings. The number of carbonyl (C=O) groups excluding carboxylic acids is 1. The van der Waals surface area contributed by atoms with Crippen LogP contribution in [0.15, 0.2) is 47.4 Å². The Kier molecular flexibility index (Phi) is 6.71. The lowest BCUT2D eigenvalue weighted by atomic mass is 10.0. The number of hydrogen-bond donors (Lipinski definition) is 1. The molecule has 33 heavy (non-hydrogen) atoms. The Morgan fingerprint density at radius 3 is 2.48 bits per heavy atom. The van der Waals surface area contributed by atoms with Gasteiger partial charge in [0.2, 0.25) is 10.0 Å². The van der Waals surface area contributed by atoms with Crippen LogP contribution in [0, 0.1) is 6.92 Å². The van der Waals surface area contributed by atoms with Crippen molar-refractivity contribution >= 4 is 27.8 Å². The molecule has 1 amide bonds. The van der Waals surface area contributed by atoms with Crippen LogP contribution in [-0.4, -0.2) is 49.0 Å². The highest BCUT2D eigenvalue weighted by atomic mass is 32.2. The van der Waals surface area contributed by atoms with Crippen LogP contribution < -0.4 is 4.90 Å². The number of anilines is 1. The highest BCUT2D eigenvalue weighted by Crippen LogP contribution is 2.33. The van der Waals surface area contributed by atoms with Crippen molar-refractivity contribution in [2.75, 3.05) is 18.0 Å². The van der Waals surface area contributed by atoms with Crippen LogP contribution in [0.3, 0.4) is 0 Å². The van der Waals surface area contributed by atoms with Crippen molar-refractivity contribution in [3.05, 3.63) is 59.2 Å². The first-order valence-corrected chi connectivity index (χ1v) is 12.6. The Balaban J connectivity index is 1.41. The molecular formula is C24H28N2O6S. The third-order valence-electron chi connectivity index (χ3n) is 6.25. The van der Waals surface area contributed by atoms with Crippen molar-refractivity contribution in [3.8, 4) is 0 Å². The minimum Gasteiger partial charge on any atom is -0.481 e. The molecule has 0 bridgehead atoms. The van der Waals surface area contributed by atoms with Gasteiger partial charge in [-0.2, -0.15) is 4.31 Å². The minimum absolute atomic E-state index is 0.0869. The van der Waals surface area contributed by atoms with Gasteiger partial charge in [0.1, 0.15) is 6.61 Å². The van der Waals surface area contributed by atoms with E-state index in [1.54, 1.807) is 29.2 Å². The molecule has 0 aliphatic carbocycles. The molecular weight excluding hydrogens is 444 g/mol. The van der Waals surface area contributed by atoms with E-state index in [0.717, 1.165) is 22.4 Å². The lowest BCUT2D eigenvalue weighted by Crippen LogP contribution is -2.50. The zero-order valence-corrected chi connectivity index (χ0v) is 19.4. The van der Waals surface area contributed by atoms with Crippen molar-refractivity contribution in [1.82, 2.24) is 4.31 Å². The number of fused-ring (bicyclic) bond motifs is 1. The number of carboxylic acids is 1. The number of carbonyl (C=O) groups is 2. The van der Waals surface area contributed by atoms with Gasteiger partial charge in [-0.05, 0) is 56.4 Å². The van der Waals surface area contributed by atoms with Gasteiger partial charge in [0, 0.05) is 31.1 Å². The molecule has 2 aromatic carbocycles. The number of carboxylic acid groups (broad SMARTS) is 1. The largest absolute Gasteiger partial charge is 0.481 e. The van der Waals surface area contributed by atoms with Gasteiger partial charge in [-0.1, -0.05) is 29.8 Å². The summed E-state index contributed by atoms with van der Waals surface area (Å²) >= 11 is 0. The first-order valence-electron chi connectivity index (χ1n) is 11.1. The maximum atomic E-state index is 13.1. The molecule has 0 spiro atoms. The van der Waals surface area contributed by atoms with Crippen molar-refractivity contribution in [2.24, 2.45) is 0 Å². The summed E-state index contributed by atoms with van der Waals surface area (Å²) in [6.07, 6.45) is 1.85. The Bertz CT molecular complexity index is 1140. The van der Waals surface area contributed by atoms with E-state index in [-0.39, 0.29) is 30.1 Å². The molecule has 0 atom stereocenters. The van der Waals surface area contributed by atoms with Gasteiger partial charge in [-0.15, -0.1) is 0 Å². The van der Waals surface area contributed by atoms with Gasteiger partial charge in [-0.3, -0.25) is 9.69 Å². The van der Waals surface area contributed by atoms with Crippen LogP contribution in [0.5, 0.6) is 0 Å². The molecule has 9 heteroatoms. The van der Waals surface area contributed by atoms with Crippen LogP contribution in [0.25, 0.3) is 0 Å². The smallest absolute Gasteiger partial charge is 0.414 e. The van der Waals surface area contributed by atoms with Crippen LogP contribution in [0.1, 0.15) is 42.4 Å². The van der Waals surface area contributed by atoms with E-state index in [0.29, 0.717) is 38.8 Å². The van der Waals surface area contributed by atoms with Crippen LogP contribution in [0.2, 0.25) is 0 Å². The molecule has 2 aromatic rings. The monoisotopic (exact) mass is 472 g/mol. The number of sulfonamides is 1. The van der Waals surface area contributed by atoms with Crippen molar-refractivity contribution in [3.63, 3.8) is 0 Å². The number of hydrogen-bond acceptors (Lipinski definition) is 5. The van der Waals surface area contributed by atoms with E-state index in [9.17, 15) is 18.0 Å². The minimum atomic E-state index is -3.64. The number of piperidine rings is 1. The molecule has 0 saturated carbocycles. The molecule has 1 fully saturated rings. The number of aliphatic carboxylic acids is 1. The van der Waals surface area contributed by atoms with Crippen LogP contribution in [0.4, 0.5) is 10.5 Å². The molecule has 2 aliphatic heterocycles. The predicted molar refractivity (Wildman–Crippen MR) is 123 cm³/mol. The maximum absolute atomic E-state index is 13.1. The fourth-order valence-electron chi connectivity index (χ4n) is 4.48. The summed E-state index contributed by atoms with van der Waals surface area (Å²) in [4.78, 5) is 25.1. The lowest BCUT2D eigenvalue weighted by Gasteiger charge is -2.39. The van der Waals surface area contributed by atoms with Crippen LogP contribution >= 0.6 is 0 Å². The molecule has 2 heterocycles. The summed E-state index contributed by atoms with van der Waals surface area (Å²) in [6.45, 7) is 2.88. The summed E-state index contributed by atoms with van der Waals surface area (Å²) in [5.74, 6) is -0.839. The van der Waals surface area contributed by atoms with E-state index in [2.05, 4.69) is 0 Å². The summed E-state index contributed by atoms with van der Waals surface area (Å²) in [7, 11) is -3.64. The Labute approximate surface area is 193 Å². The standard InChI is InChI=1S/C24H28N2O6S/c1-17-5-10-22-19(15-17)16-32-24(29)26(22)20-11-13-25(14-12-20)33(30,31)21-8-6-18(7-9-21)3-2-4-23(27)28/h5-10,15,20H,2-4,11-14,16H2,1H3,(H,27,28). The lowest BCUT2D eigenvalue weighted by molar-refractivity contribution is -0.137. The van der Waals surface area contributed by atoms with E-state index in [1.165, 1.54) is 4.31 Å². The quantitative estimate of drug-likeness (QED) is 0.659. The van der Waals surface area contributed by atoms with E-state index in [1.807, 2.05) is 25.1 Å². The van der Waals surface area contributed by atoms with Crippen molar-refractivity contribution in [2.45, 2.75) is 56.6 Å². The van der Waals surface area contributed by atoms with Crippen LogP contribution in [-0.2, 0) is 32.6 Å². The van der Waals surface area contributed by atoms with Gasteiger partial charge in [-0.25, -0.2) is 13.2 Å². The second-order valence-electron chi connectivity index (χ2n) is 8.58. The Hall–Kier alpha value is -2.91. The van der Waals surface area contributed by atoms with Crippen molar-refractivity contribution in [1.29, 1.82) is 0 Å². The number of nitrogens with zero attached hydrogens (tertiary/aromatic N) is 2. The Morgan fingerprint density at radius 2 is 1.82 bits per heavy atom. The highest BCUT2D eigenvalue weighted by molar-refractivity contribution is 7.89. The molecule has 1 saturated heterocycles. The zero-order valence-electron chi connectivity index (χ0n) is 18.6. The zero-order chi connectivity index (χ0) is 23.6. The van der Waals surface area contributed by atoms with E-state index >= 15 is 0 Å². The van der Waals surface area contributed by atoms with Crippen molar-refractivity contribution < 1.29 is 27.9 Å². The first-order chi connectivity index (χ1) is 15.8. The number of aryl methyl sites for hydroxylation is 2. The van der Waals surface area contributed by atoms with E-state index < -0.39 is 16.0 Å². The molecule has 4 rings (SSSR count). The molecule has 1 N–H and O–H groups in total. The summed E-state index contributed by atoms with van der Waals surface area (Å²) in [5, 5.41) is 8.75. The molecule has 0 aromatic heterocycles.